The lowest BCUT2D eigenvalue weighted by Gasteiger charge is -2.38. The molecule has 1 aliphatic rings. The molecule has 0 aromatic heterocycles. The van der Waals surface area contributed by atoms with Gasteiger partial charge < -0.3 is 4.74 Å². The Labute approximate surface area is 101 Å². The Morgan fingerprint density at radius 2 is 1.26 bits per heavy atom. The quantitative estimate of drug-likeness (QED) is 0.716. The molecule has 0 N–H and O–H groups in total. The third-order valence-corrected chi connectivity index (χ3v) is 2.75. The maximum absolute atomic E-state index is 13.3. The van der Waals surface area contributed by atoms with Gasteiger partial charge in [0.25, 0.3) is 0 Å². The fourth-order valence-electron chi connectivity index (χ4n) is 1.62. The van der Waals surface area contributed by atoms with Crippen LogP contribution in [0.5, 0.6) is 0 Å². The van der Waals surface area contributed by atoms with Crippen molar-refractivity contribution in [1.82, 2.24) is 0 Å². The molecule has 0 aliphatic carbocycles. The van der Waals surface area contributed by atoms with Crippen LogP contribution in [0.3, 0.4) is 0 Å². The van der Waals surface area contributed by atoms with Crippen molar-refractivity contribution in [2.24, 2.45) is 0 Å². The molecule has 1 heterocycles. The molecular formula is C9H9F9O. The van der Waals surface area contributed by atoms with Crippen LogP contribution in [0.2, 0.25) is 0 Å². The van der Waals surface area contributed by atoms with Gasteiger partial charge in [-0.05, 0) is 19.3 Å². The van der Waals surface area contributed by atoms with E-state index in [0.717, 1.165) is 0 Å². The zero-order valence-electron chi connectivity index (χ0n) is 9.22. The van der Waals surface area contributed by atoms with Gasteiger partial charge in [0, 0.05) is 6.61 Å². The summed E-state index contributed by atoms with van der Waals surface area (Å²) >= 11 is 0. The van der Waals surface area contributed by atoms with Crippen molar-refractivity contribution < 1.29 is 44.3 Å². The molecular weight excluding hydrogens is 295 g/mol. The first kappa shape index (κ1) is 16.4. The summed E-state index contributed by atoms with van der Waals surface area (Å²) < 4.78 is 117. The zero-order chi connectivity index (χ0) is 15.1. The van der Waals surface area contributed by atoms with E-state index in [4.69, 9.17) is 0 Å². The number of rotatable bonds is 3. The lowest BCUT2D eigenvalue weighted by molar-refractivity contribution is -0.408. The normalized spacial score (nSPS) is 23.5. The van der Waals surface area contributed by atoms with Gasteiger partial charge in [0.15, 0.2) is 0 Å². The molecule has 114 valence electrons. The van der Waals surface area contributed by atoms with Gasteiger partial charge in [0.1, 0.15) is 6.10 Å². The van der Waals surface area contributed by atoms with Crippen LogP contribution in [0.25, 0.3) is 0 Å². The molecule has 1 fully saturated rings. The van der Waals surface area contributed by atoms with Gasteiger partial charge in [-0.25, -0.2) is 0 Å². The van der Waals surface area contributed by atoms with Gasteiger partial charge in [-0.1, -0.05) is 0 Å². The molecule has 10 heteroatoms. The summed E-state index contributed by atoms with van der Waals surface area (Å²) in [6, 6.07) is 0. The largest absolute Gasteiger partial charge is 0.460 e. The van der Waals surface area contributed by atoms with Crippen LogP contribution in [0.15, 0.2) is 0 Å². The second-order valence-corrected chi connectivity index (χ2v) is 4.12. The van der Waals surface area contributed by atoms with E-state index in [1.165, 1.54) is 0 Å². The summed E-state index contributed by atoms with van der Waals surface area (Å²) in [7, 11) is 0. The standard InChI is InChI=1S/C9H9F9O/c10-6(11,5-3-1-2-4-19-5)7(12,13)8(14,15)9(16,17)18/h5H,1-4H2. The van der Waals surface area contributed by atoms with Crippen LogP contribution >= 0.6 is 0 Å². The van der Waals surface area contributed by atoms with Crippen LogP contribution in [0.1, 0.15) is 19.3 Å². The molecule has 0 saturated carbocycles. The molecule has 0 aromatic rings. The Balaban J connectivity index is 3.09. The molecule has 1 nitrogen and oxygen atoms in total. The average Bonchev–Trinajstić information content (AvgIpc) is 2.28. The summed E-state index contributed by atoms with van der Waals surface area (Å²) in [6.45, 7) is -0.395. The minimum absolute atomic E-state index is 0.0199. The highest BCUT2D eigenvalue weighted by molar-refractivity contribution is 5.04. The molecule has 0 radical (unpaired) electrons. The highest BCUT2D eigenvalue weighted by Gasteiger charge is 2.83. The van der Waals surface area contributed by atoms with Crippen molar-refractivity contribution in [2.75, 3.05) is 6.61 Å². The third-order valence-electron chi connectivity index (χ3n) is 2.75. The maximum Gasteiger partial charge on any atom is 0.460 e. The lowest BCUT2D eigenvalue weighted by Crippen LogP contribution is -2.65. The Hall–Kier alpha value is -0.670. The third kappa shape index (κ3) is 2.50. The second-order valence-electron chi connectivity index (χ2n) is 4.12. The van der Waals surface area contributed by atoms with Crippen molar-refractivity contribution in [2.45, 2.75) is 49.3 Å². The Morgan fingerprint density at radius 3 is 1.63 bits per heavy atom. The molecule has 0 spiro atoms. The first-order chi connectivity index (χ1) is 8.36. The van der Waals surface area contributed by atoms with Crippen LogP contribution in [0, 0.1) is 0 Å². The van der Waals surface area contributed by atoms with Gasteiger partial charge in [-0.3, -0.25) is 0 Å². The van der Waals surface area contributed by atoms with E-state index in [9.17, 15) is 39.5 Å². The zero-order valence-corrected chi connectivity index (χ0v) is 9.22. The molecule has 1 aliphatic heterocycles. The predicted molar refractivity (Wildman–Crippen MR) is 44.5 cm³/mol. The Kier molecular flexibility index (Phi) is 4.06. The number of hydrogen-bond acceptors (Lipinski definition) is 1. The molecule has 0 aromatic carbocycles. The minimum atomic E-state index is -6.84. The van der Waals surface area contributed by atoms with E-state index in [1.807, 2.05) is 0 Å². The van der Waals surface area contributed by atoms with Crippen molar-refractivity contribution in [3.8, 4) is 0 Å². The fourth-order valence-corrected chi connectivity index (χ4v) is 1.62. The van der Waals surface area contributed by atoms with Gasteiger partial charge in [-0.15, -0.1) is 0 Å². The number of hydrogen-bond donors (Lipinski definition) is 0. The Morgan fingerprint density at radius 1 is 0.737 bits per heavy atom. The van der Waals surface area contributed by atoms with Crippen LogP contribution < -0.4 is 0 Å². The summed E-state index contributed by atoms with van der Waals surface area (Å²) in [5.74, 6) is -19.0. The van der Waals surface area contributed by atoms with Gasteiger partial charge in [-0.2, -0.15) is 39.5 Å². The number of alkyl halides is 9. The summed E-state index contributed by atoms with van der Waals surface area (Å²) in [4.78, 5) is 0. The van der Waals surface area contributed by atoms with Crippen LogP contribution in [-0.2, 0) is 4.74 Å². The maximum atomic E-state index is 13.3. The summed E-state index contributed by atoms with van der Waals surface area (Å²) in [5.41, 5.74) is 0. The van der Waals surface area contributed by atoms with E-state index in [2.05, 4.69) is 4.74 Å². The van der Waals surface area contributed by atoms with Crippen LogP contribution in [0.4, 0.5) is 39.5 Å². The second kappa shape index (κ2) is 4.71. The number of halogens is 9. The molecule has 19 heavy (non-hydrogen) atoms. The van der Waals surface area contributed by atoms with Crippen LogP contribution in [-0.4, -0.2) is 36.7 Å². The molecule has 1 rings (SSSR count). The monoisotopic (exact) mass is 304 g/mol. The van der Waals surface area contributed by atoms with E-state index < -0.39 is 43.1 Å². The summed E-state index contributed by atoms with van der Waals surface area (Å²) in [5, 5.41) is 0. The van der Waals surface area contributed by atoms with E-state index >= 15 is 0 Å². The molecule has 0 bridgehead atoms. The topological polar surface area (TPSA) is 9.23 Å². The summed E-state index contributed by atoms with van der Waals surface area (Å²) in [6.07, 6.45) is -9.93. The van der Waals surface area contributed by atoms with Gasteiger partial charge >= 0.3 is 23.9 Å². The molecule has 0 amide bonds. The SMILES string of the molecule is FC(F)(F)C(F)(F)C(F)(F)C(F)(F)C1CCCCO1. The van der Waals surface area contributed by atoms with Crippen molar-refractivity contribution >= 4 is 0 Å². The highest BCUT2D eigenvalue weighted by Crippen LogP contribution is 2.55. The van der Waals surface area contributed by atoms with E-state index in [0.29, 0.717) is 0 Å². The fraction of sp³-hybridized carbons (Fsp3) is 1.00. The van der Waals surface area contributed by atoms with Crippen molar-refractivity contribution in [3.05, 3.63) is 0 Å². The highest BCUT2D eigenvalue weighted by atomic mass is 19.4. The first-order valence-electron chi connectivity index (χ1n) is 5.17. The van der Waals surface area contributed by atoms with Gasteiger partial charge in [0.05, 0.1) is 0 Å². The predicted octanol–water partition coefficient (Wildman–Crippen LogP) is 4.02. The van der Waals surface area contributed by atoms with Crippen molar-refractivity contribution in [1.29, 1.82) is 0 Å². The average molecular weight is 304 g/mol. The van der Waals surface area contributed by atoms with E-state index in [1.54, 1.807) is 0 Å². The minimum Gasteiger partial charge on any atom is -0.372 e. The van der Waals surface area contributed by atoms with E-state index in [-0.39, 0.29) is 12.8 Å². The first-order valence-corrected chi connectivity index (χ1v) is 5.17. The molecule has 1 saturated heterocycles. The molecule has 1 atom stereocenters. The molecule has 1 unspecified atom stereocenters. The lowest BCUT2D eigenvalue weighted by atomic mass is 9.94. The smallest absolute Gasteiger partial charge is 0.372 e. The number of ether oxygens (including phenoxy) is 1. The van der Waals surface area contributed by atoms with Crippen molar-refractivity contribution in [3.63, 3.8) is 0 Å². The van der Waals surface area contributed by atoms with Gasteiger partial charge in [0.2, 0.25) is 0 Å². The Bertz CT molecular complexity index is 316.